The van der Waals surface area contributed by atoms with E-state index in [1.807, 2.05) is 24.3 Å². The lowest BCUT2D eigenvalue weighted by atomic mass is 10.1. The Kier molecular flexibility index (Phi) is 8.72. The molecule has 0 aliphatic carbocycles. The Morgan fingerprint density at radius 2 is 1.81 bits per heavy atom. The zero-order chi connectivity index (χ0) is 19.6. The quantitative estimate of drug-likeness (QED) is 0.554. The number of halogens is 2. The van der Waals surface area contributed by atoms with Crippen LogP contribution >= 0.6 is 23.2 Å². The van der Waals surface area contributed by atoms with Crippen LogP contribution in [-0.2, 0) is 17.6 Å². The van der Waals surface area contributed by atoms with Crippen LogP contribution in [0.2, 0.25) is 10.0 Å². The van der Waals surface area contributed by atoms with Gasteiger partial charge in [0.25, 0.3) is 0 Å². The third-order valence-corrected chi connectivity index (χ3v) is 4.68. The second-order valence-electron chi connectivity index (χ2n) is 6.08. The zero-order valence-corrected chi connectivity index (χ0v) is 16.8. The molecule has 0 unspecified atom stereocenters. The minimum Gasteiger partial charge on any atom is -0.493 e. The first-order valence-corrected chi connectivity index (χ1v) is 9.48. The maximum absolute atomic E-state index is 11.0. The molecule has 2 rings (SSSR count). The molecule has 7 heteroatoms. The van der Waals surface area contributed by atoms with E-state index < -0.39 is 0 Å². The van der Waals surface area contributed by atoms with Gasteiger partial charge in [-0.1, -0.05) is 35.3 Å². The van der Waals surface area contributed by atoms with Gasteiger partial charge >= 0.3 is 0 Å². The molecular formula is C20H24Cl2N2O3. The molecule has 0 atom stereocenters. The van der Waals surface area contributed by atoms with Crippen LogP contribution in [0, 0.1) is 0 Å². The molecule has 0 bridgehead atoms. The highest BCUT2D eigenvalue weighted by Gasteiger charge is 2.07. The van der Waals surface area contributed by atoms with E-state index in [2.05, 4.69) is 5.32 Å². The molecule has 0 aromatic heterocycles. The number of carbonyl (C=O) groups is 1. The fourth-order valence-corrected chi connectivity index (χ4v) is 2.93. The largest absolute Gasteiger partial charge is 0.493 e. The minimum atomic E-state index is -0.379. The normalized spacial score (nSPS) is 10.6. The molecule has 0 aliphatic heterocycles. The number of amides is 1. The van der Waals surface area contributed by atoms with E-state index in [1.165, 1.54) is 5.56 Å². The average molecular weight is 411 g/mol. The van der Waals surface area contributed by atoms with Crippen molar-refractivity contribution in [2.24, 2.45) is 5.73 Å². The lowest BCUT2D eigenvalue weighted by Gasteiger charge is -2.12. The fourth-order valence-electron chi connectivity index (χ4n) is 2.61. The highest BCUT2D eigenvalue weighted by atomic mass is 35.5. The summed E-state index contributed by atoms with van der Waals surface area (Å²) in [6.45, 7) is 2.10. The van der Waals surface area contributed by atoms with Crippen molar-refractivity contribution in [3.8, 4) is 11.5 Å². The lowest BCUT2D eigenvalue weighted by molar-refractivity contribution is -0.117. The van der Waals surface area contributed by atoms with Crippen LogP contribution in [-0.4, -0.2) is 32.7 Å². The molecule has 2 aromatic rings. The maximum Gasteiger partial charge on any atom is 0.221 e. The molecule has 3 N–H and O–H groups in total. The number of rotatable bonds is 11. The smallest absolute Gasteiger partial charge is 0.221 e. The van der Waals surface area contributed by atoms with Crippen molar-refractivity contribution in [2.75, 3.05) is 26.8 Å². The molecule has 0 spiro atoms. The predicted molar refractivity (Wildman–Crippen MR) is 109 cm³/mol. The first kappa shape index (κ1) is 21.4. The van der Waals surface area contributed by atoms with E-state index in [4.69, 9.17) is 38.4 Å². The van der Waals surface area contributed by atoms with Gasteiger partial charge in [0.1, 0.15) is 6.61 Å². The van der Waals surface area contributed by atoms with Gasteiger partial charge in [-0.25, -0.2) is 0 Å². The Bertz CT molecular complexity index is 769. The molecule has 5 nitrogen and oxygen atoms in total. The van der Waals surface area contributed by atoms with Gasteiger partial charge in [-0.15, -0.1) is 0 Å². The summed E-state index contributed by atoms with van der Waals surface area (Å²) in [5.74, 6) is 0.854. The molecule has 0 saturated carbocycles. The summed E-state index contributed by atoms with van der Waals surface area (Å²) in [5, 5.41) is 4.51. The van der Waals surface area contributed by atoms with Crippen LogP contribution in [0.5, 0.6) is 11.5 Å². The molecule has 1 amide bonds. The fraction of sp³-hybridized carbons (Fsp3) is 0.350. The number of hydrogen-bond acceptors (Lipinski definition) is 4. The number of benzene rings is 2. The molecule has 0 fully saturated rings. The van der Waals surface area contributed by atoms with Gasteiger partial charge in [-0.3, -0.25) is 4.79 Å². The Morgan fingerprint density at radius 1 is 1.04 bits per heavy atom. The Morgan fingerprint density at radius 3 is 2.52 bits per heavy atom. The summed E-state index contributed by atoms with van der Waals surface area (Å²) >= 11 is 11.9. The second-order valence-corrected chi connectivity index (χ2v) is 6.89. The van der Waals surface area contributed by atoms with Crippen LogP contribution < -0.4 is 20.5 Å². The average Bonchev–Trinajstić information content (AvgIpc) is 2.64. The molecule has 0 saturated heterocycles. The lowest BCUT2D eigenvalue weighted by Crippen LogP contribution is -2.22. The molecular weight excluding hydrogens is 387 g/mol. The van der Waals surface area contributed by atoms with Crippen molar-refractivity contribution in [3.63, 3.8) is 0 Å². The van der Waals surface area contributed by atoms with Crippen molar-refractivity contribution in [1.29, 1.82) is 0 Å². The summed E-state index contributed by atoms with van der Waals surface area (Å²) < 4.78 is 11.1. The zero-order valence-electron chi connectivity index (χ0n) is 15.3. The third kappa shape index (κ3) is 7.29. The summed E-state index contributed by atoms with van der Waals surface area (Å²) in [5.41, 5.74) is 7.18. The number of carbonyl (C=O) groups excluding carboxylic acids is 1. The van der Waals surface area contributed by atoms with Crippen LogP contribution in [0.1, 0.15) is 17.5 Å². The Balaban J connectivity index is 1.67. The molecule has 0 heterocycles. The van der Waals surface area contributed by atoms with Gasteiger partial charge in [-0.05, 0) is 54.8 Å². The molecule has 2 aromatic carbocycles. The Hall–Kier alpha value is -1.95. The van der Waals surface area contributed by atoms with Crippen molar-refractivity contribution >= 4 is 29.1 Å². The van der Waals surface area contributed by atoms with Crippen LogP contribution in [0.25, 0.3) is 0 Å². The van der Waals surface area contributed by atoms with Gasteiger partial charge in [-0.2, -0.15) is 0 Å². The number of nitrogens with two attached hydrogens (primary N) is 1. The van der Waals surface area contributed by atoms with Crippen LogP contribution in [0.3, 0.4) is 0 Å². The molecule has 0 radical (unpaired) electrons. The van der Waals surface area contributed by atoms with E-state index in [0.29, 0.717) is 34.7 Å². The SMILES string of the molecule is COc1cc(CC(N)=O)ccc1OCCNCCCc1ccc(Cl)c(Cl)c1. The molecule has 146 valence electrons. The van der Waals surface area contributed by atoms with E-state index >= 15 is 0 Å². The first-order valence-electron chi connectivity index (χ1n) is 8.72. The highest BCUT2D eigenvalue weighted by molar-refractivity contribution is 6.42. The predicted octanol–water partition coefficient (Wildman–Crippen LogP) is 3.63. The topological polar surface area (TPSA) is 73.6 Å². The van der Waals surface area contributed by atoms with Crippen molar-refractivity contribution < 1.29 is 14.3 Å². The summed E-state index contributed by atoms with van der Waals surface area (Å²) in [6, 6.07) is 11.1. The summed E-state index contributed by atoms with van der Waals surface area (Å²) in [6.07, 6.45) is 2.10. The second kappa shape index (κ2) is 11.0. The van der Waals surface area contributed by atoms with E-state index in [0.717, 1.165) is 24.9 Å². The summed E-state index contributed by atoms with van der Waals surface area (Å²) in [4.78, 5) is 11.0. The van der Waals surface area contributed by atoms with Crippen molar-refractivity contribution in [3.05, 3.63) is 57.6 Å². The van der Waals surface area contributed by atoms with Crippen molar-refractivity contribution in [1.82, 2.24) is 5.32 Å². The maximum atomic E-state index is 11.0. The number of aryl methyl sites for hydroxylation is 1. The van der Waals surface area contributed by atoms with Gasteiger partial charge in [0.15, 0.2) is 11.5 Å². The van der Waals surface area contributed by atoms with Gasteiger partial charge in [0, 0.05) is 6.54 Å². The van der Waals surface area contributed by atoms with Gasteiger partial charge in [0.2, 0.25) is 5.91 Å². The summed E-state index contributed by atoms with van der Waals surface area (Å²) in [7, 11) is 1.57. The third-order valence-electron chi connectivity index (χ3n) is 3.95. The number of ether oxygens (including phenoxy) is 2. The van der Waals surface area contributed by atoms with Crippen LogP contribution in [0.15, 0.2) is 36.4 Å². The highest BCUT2D eigenvalue weighted by Crippen LogP contribution is 2.28. The van der Waals surface area contributed by atoms with E-state index in [9.17, 15) is 4.79 Å². The van der Waals surface area contributed by atoms with Gasteiger partial charge in [0.05, 0.1) is 23.6 Å². The van der Waals surface area contributed by atoms with Crippen LogP contribution in [0.4, 0.5) is 0 Å². The van der Waals surface area contributed by atoms with Gasteiger partial charge < -0.3 is 20.5 Å². The first-order chi connectivity index (χ1) is 13.0. The molecule has 27 heavy (non-hydrogen) atoms. The Labute approximate surface area is 169 Å². The standard InChI is InChI=1S/C20H24Cl2N2O3/c1-26-19-12-15(13-20(23)25)5-7-18(19)27-10-9-24-8-2-3-14-4-6-16(21)17(22)11-14/h4-7,11-12,24H,2-3,8-10,13H2,1H3,(H2,23,25). The van der Waals surface area contributed by atoms with E-state index in [1.54, 1.807) is 19.2 Å². The monoisotopic (exact) mass is 410 g/mol. The number of methoxy groups -OCH3 is 1. The minimum absolute atomic E-state index is 0.178. The number of primary amides is 1. The number of nitrogens with one attached hydrogen (secondary N) is 1. The molecule has 0 aliphatic rings. The van der Waals surface area contributed by atoms with Crippen molar-refractivity contribution in [2.45, 2.75) is 19.3 Å². The van der Waals surface area contributed by atoms with E-state index in [-0.39, 0.29) is 12.3 Å². The number of hydrogen-bond donors (Lipinski definition) is 2.